The van der Waals surface area contributed by atoms with Crippen LogP contribution in [0.15, 0.2) is 36.4 Å². The SMILES string of the molecule is COc1cc(C(=O)N(C)Cc2ccc(C(F)(F)F)cc2)cc(OC)c1OCC(N)=O. The number of rotatable bonds is 8. The molecule has 0 bridgehead atoms. The Bertz CT molecular complexity index is 889. The van der Waals surface area contributed by atoms with Gasteiger partial charge in [0.1, 0.15) is 0 Å². The lowest BCUT2D eigenvalue weighted by Gasteiger charge is -2.20. The molecule has 0 radical (unpaired) electrons. The van der Waals surface area contributed by atoms with Crippen LogP contribution in [0.25, 0.3) is 0 Å². The average Bonchev–Trinajstić information content (AvgIpc) is 2.70. The van der Waals surface area contributed by atoms with E-state index in [-0.39, 0.29) is 29.4 Å². The van der Waals surface area contributed by atoms with Crippen molar-refractivity contribution in [2.75, 3.05) is 27.9 Å². The molecular formula is C20H21F3N2O5. The van der Waals surface area contributed by atoms with E-state index < -0.39 is 30.2 Å². The molecule has 0 fully saturated rings. The number of nitrogens with zero attached hydrogens (tertiary/aromatic N) is 1. The van der Waals surface area contributed by atoms with E-state index in [1.54, 1.807) is 0 Å². The summed E-state index contributed by atoms with van der Waals surface area (Å²) < 4.78 is 53.8. The average molecular weight is 426 g/mol. The van der Waals surface area contributed by atoms with Crippen molar-refractivity contribution in [2.24, 2.45) is 5.73 Å². The largest absolute Gasteiger partial charge is 0.493 e. The first kappa shape index (κ1) is 22.9. The number of halogens is 3. The van der Waals surface area contributed by atoms with Crippen LogP contribution in [-0.2, 0) is 17.5 Å². The summed E-state index contributed by atoms with van der Waals surface area (Å²) in [5.74, 6) is -0.701. The van der Waals surface area contributed by atoms with E-state index in [4.69, 9.17) is 19.9 Å². The molecule has 0 aliphatic carbocycles. The number of carbonyl (C=O) groups excluding carboxylic acids is 2. The molecule has 10 heteroatoms. The fraction of sp³-hybridized carbons (Fsp3) is 0.300. The van der Waals surface area contributed by atoms with E-state index in [9.17, 15) is 22.8 Å². The fourth-order valence-electron chi connectivity index (χ4n) is 2.65. The quantitative estimate of drug-likeness (QED) is 0.701. The highest BCUT2D eigenvalue weighted by atomic mass is 19.4. The number of amides is 2. The zero-order valence-electron chi connectivity index (χ0n) is 16.6. The Labute approximate surface area is 171 Å². The number of hydrogen-bond donors (Lipinski definition) is 1. The minimum Gasteiger partial charge on any atom is -0.493 e. The molecule has 0 heterocycles. The van der Waals surface area contributed by atoms with Gasteiger partial charge in [0.25, 0.3) is 11.8 Å². The predicted octanol–water partition coefficient (Wildman–Crippen LogP) is 2.86. The maximum absolute atomic E-state index is 12.8. The Balaban J connectivity index is 2.23. The Kier molecular flexibility index (Phi) is 7.14. The number of alkyl halides is 3. The number of hydrogen-bond acceptors (Lipinski definition) is 5. The van der Waals surface area contributed by atoms with Crippen molar-refractivity contribution in [3.8, 4) is 17.2 Å². The molecule has 0 saturated carbocycles. The van der Waals surface area contributed by atoms with Crippen LogP contribution in [-0.4, -0.2) is 44.6 Å². The van der Waals surface area contributed by atoms with Crippen LogP contribution in [0, 0.1) is 0 Å². The molecule has 0 aromatic heterocycles. The zero-order valence-corrected chi connectivity index (χ0v) is 16.6. The van der Waals surface area contributed by atoms with Crippen molar-refractivity contribution in [1.82, 2.24) is 4.90 Å². The second kappa shape index (κ2) is 9.38. The van der Waals surface area contributed by atoms with Crippen LogP contribution in [0.4, 0.5) is 13.2 Å². The minimum atomic E-state index is -4.42. The first-order valence-corrected chi connectivity index (χ1v) is 8.65. The summed E-state index contributed by atoms with van der Waals surface area (Å²) in [4.78, 5) is 25.1. The molecule has 162 valence electrons. The van der Waals surface area contributed by atoms with Gasteiger partial charge in [0.15, 0.2) is 18.1 Å². The third-order valence-electron chi connectivity index (χ3n) is 4.11. The lowest BCUT2D eigenvalue weighted by molar-refractivity contribution is -0.137. The topological polar surface area (TPSA) is 91.1 Å². The maximum atomic E-state index is 12.8. The van der Waals surface area contributed by atoms with Gasteiger partial charge in [-0.25, -0.2) is 0 Å². The van der Waals surface area contributed by atoms with Crippen LogP contribution < -0.4 is 19.9 Å². The predicted molar refractivity (Wildman–Crippen MR) is 101 cm³/mol. The molecule has 7 nitrogen and oxygen atoms in total. The van der Waals surface area contributed by atoms with Gasteiger partial charge < -0.3 is 24.8 Å². The monoisotopic (exact) mass is 426 g/mol. The van der Waals surface area contributed by atoms with E-state index >= 15 is 0 Å². The summed E-state index contributed by atoms with van der Waals surface area (Å²) in [6.07, 6.45) is -4.42. The first-order chi connectivity index (χ1) is 14.1. The van der Waals surface area contributed by atoms with E-state index in [0.717, 1.165) is 12.1 Å². The molecule has 2 aromatic carbocycles. The molecule has 2 amide bonds. The van der Waals surface area contributed by atoms with Gasteiger partial charge in [-0.1, -0.05) is 12.1 Å². The minimum absolute atomic E-state index is 0.0848. The van der Waals surface area contributed by atoms with Gasteiger partial charge in [0, 0.05) is 19.2 Å². The fourth-order valence-corrected chi connectivity index (χ4v) is 2.65. The molecule has 2 rings (SSSR count). The molecule has 30 heavy (non-hydrogen) atoms. The second-order valence-electron chi connectivity index (χ2n) is 6.32. The summed E-state index contributed by atoms with van der Waals surface area (Å²) >= 11 is 0. The summed E-state index contributed by atoms with van der Waals surface area (Å²) in [6.45, 7) is -0.324. The highest BCUT2D eigenvalue weighted by Gasteiger charge is 2.30. The lowest BCUT2D eigenvalue weighted by Crippen LogP contribution is -2.26. The second-order valence-corrected chi connectivity index (χ2v) is 6.32. The van der Waals surface area contributed by atoms with E-state index in [1.165, 1.54) is 50.4 Å². The zero-order chi connectivity index (χ0) is 22.5. The third-order valence-corrected chi connectivity index (χ3v) is 4.11. The normalized spacial score (nSPS) is 11.0. The van der Waals surface area contributed by atoms with Gasteiger partial charge >= 0.3 is 6.18 Å². The summed E-state index contributed by atoms with van der Waals surface area (Å²) in [6, 6.07) is 7.37. The molecule has 2 N–H and O–H groups in total. The Morgan fingerprint density at radius 1 is 1.03 bits per heavy atom. The van der Waals surface area contributed by atoms with Gasteiger partial charge in [-0.2, -0.15) is 13.2 Å². The smallest absolute Gasteiger partial charge is 0.416 e. The van der Waals surface area contributed by atoms with Gasteiger partial charge in [0.05, 0.1) is 19.8 Å². The highest BCUT2D eigenvalue weighted by molar-refractivity contribution is 5.95. The molecule has 0 aliphatic heterocycles. The first-order valence-electron chi connectivity index (χ1n) is 8.65. The summed E-state index contributed by atoms with van der Waals surface area (Å²) in [5.41, 5.74) is 5.04. The number of nitrogens with two attached hydrogens (primary N) is 1. The van der Waals surface area contributed by atoms with Crippen molar-refractivity contribution in [2.45, 2.75) is 12.7 Å². The molecule has 0 aliphatic rings. The number of methoxy groups -OCH3 is 2. The number of carbonyl (C=O) groups is 2. The van der Waals surface area contributed by atoms with Crippen molar-refractivity contribution in [1.29, 1.82) is 0 Å². The van der Waals surface area contributed by atoms with Gasteiger partial charge in [-0.05, 0) is 29.8 Å². The van der Waals surface area contributed by atoms with Crippen LogP contribution in [0.5, 0.6) is 17.2 Å². The summed E-state index contributed by atoms with van der Waals surface area (Å²) in [5, 5.41) is 0. The molecular weight excluding hydrogens is 405 g/mol. The van der Waals surface area contributed by atoms with Crippen molar-refractivity contribution >= 4 is 11.8 Å². The van der Waals surface area contributed by atoms with E-state index in [0.29, 0.717) is 5.56 Å². The van der Waals surface area contributed by atoms with E-state index in [1.807, 2.05) is 0 Å². The van der Waals surface area contributed by atoms with Gasteiger partial charge in [-0.3, -0.25) is 9.59 Å². The molecule has 0 atom stereocenters. The number of benzene rings is 2. The number of ether oxygens (including phenoxy) is 3. The van der Waals surface area contributed by atoms with Crippen molar-refractivity contribution < 1.29 is 37.0 Å². The number of primary amides is 1. The van der Waals surface area contributed by atoms with Gasteiger partial charge in [0.2, 0.25) is 5.75 Å². The maximum Gasteiger partial charge on any atom is 0.416 e. The molecule has 0 spiro atoms. The Morgan fingerprint density at radius 3 is 2.00 bits per heavy atom. The lowest BCUT2D eigenvalue weighted by atomic mass is 10.1. The van der Waals surface area contributed by atoms with Crippen LogP contribution in [0.2, 0.25) is 0 Å². The summed E-state index contributed by atoms with van der Waals surface area (Å²) in [7, 11) is 4.22. The van der Waals surface area contributed by atoms with Crippen LogP contribution >= 0.6 is 0 Å². The molecule has 0 saturated heterocycles. The molecule has 2 aromatic rings. The van der Waals surface area contributed by atoms with E-state index in [2.05, 4.69) is 0 Å². The molecule has 0 unspecified atom stereocenters. The van der Waals surface area contributed by atoms with Crippen LogP contribution in [0.3, 0.4) is 0 Å². The highest BCUT2D eigenvalue weighted by Crippen LogP contribution is 2.39. The third kappa shape index (κ3) is 5.56. The Hall–Kier alpha value is -3.43. The standard InChI is InChI=1S/C20H21F3N2O5/c1-25(10-12-4-6-14(7-5-12)20(21,22)23)19(27)13-8-15(28-2)18(16(9-13)29-3)30-11-17(24)26/h4-9H,10-11H2,1-3H3,(H2,24,26). The van der Waals surface area contributed by atoms with Crippen molar-refractivity contribution in [3.05, 3.63) is 53.1 Å². The van der Waals surface area contributed by atoms with Gasteiger partial charge in [-0.15, -0.1) is 0 Å². The van der Waals surface area contributed by atoms with Crippen molar-refractivity contribution in [3.63, 3.8) is 0 Å². The van der Waals surface area contributed by atoms with Crippen LogP contribution in [0.1, 0.15) is 21.5 Å². The Morgan fingerprint density at radius 2 is 1.57 bits per heavy atom.